The lowest BCUT2D eigenvalue weighted by Gasteiger charge is -2.22. The fraction of sp³-hybridized carbons (Fsp3) is 0.600. The van der Waals surface area contributed by atoms with Crippen molar-refractivity contribution in [2.45, 2.75) is 65.2 Å². The molecule has 1 fully saturated rings. The molecule has 1 aliphatic carbocycles. The number of cyclic esters (lactones) is 1. The summed E-state index contributed by atoms with van der Waals surface area (Å²) in [6, 6.07) is 5.27. The third-order valence-corrected chi connectivity index (χ3v) is 4.95. The van der Waals surface area contributed by atoms with Crippen LogP contribution in [0.3, 0.4) is 0 Å². The van der Waals surface area contributed by atoms with E-state index < -0.39 is 0 Å². The van der Waals surface area contributed by atoms with Gasteiger partial charge in [-0.2, -0.15) is 0 Å². The van der Waals surface area contributed by atoms with Gasteiger partial charge in [-0.1, -0.05) is 27.2 Å². The Labute approximate surface area is 154 Å². The second-order valence-corrected chi connectivity index (χ2v) is 7.86. The van der Waals surface area contributed by atoms with Crippen LogP contribution < -0.4 is 10.1 Å². The van der Waals surface area contributed by atoms with E-state index in [1.165, 1.54) is 0 Å². The molecule has 1 saturated carbocycles. The van der Waals surface area contributed by atoms with E-state index in [1.807, 2.05) is 6.07 Å². The number of hydrogen-bond acceptors (Lipinski definition) is 5. The quantitative estimate of drug-likeness (QED) is 0.616. The SMILES string of the molecule is CCCCOC(=O)N[C@H]1CC(C)(C)C[C@@H]1Oc1ccc2c(c1)COC2=O. The van der Waals surface area contributed by atoms with Crippen molar-refractivity contribution in [3.05, 3.63) is 29.3 Å². The highest BCUT2D eigenvalue weighted by Crippen LogP contribution is 2.39. The van der Waals surface area contributed by atoms with E-state index in [9.17, 15) is 9.59 Å². The number of carbonyl (C=O) groups is 2. The van der Waals surface area contributed by atoms with Gasteiger partial charge >= 0.3 is 12.1 Å². The van der Waals surface area contributed by atoms with Gasteiger partial charge in [-0.25, -0.2) is 9.59 Å². The number of unbranched alkanes of at least 4 members (excludes halogenated alkanes) is 1. The van der Waals surface area contributed by atoms with Gasteiger partial charge < -0.3 is 19.5 Å². The molecule has 1 amide bonds. The monoisotopic (exact) mass is 361 g/mol. The van der Waals surface area contributed by atoms with E-state index in [-0.39, 0.29) is 36.2 Å². The average Bonchev–Trinajstić information content (AvgIpc) is 3.07. The molecule has 0 radical (unpaired) electrons. The van der Waals surface area contributed by atoms with Crippen molar-refractivity contribution in [3.63, 3.8) is 0 Å². The van der Waals surface area contributed by atoms with Gasteiger partial charge in [0.05, 0.1) is 18.2 Å². The van der Waals surface area contributed by atoms with Crippen LogP contribution in [0.25, 0.3) is 0 Å². The van der Waals surface area contributed by atoms with Gasteiger partial charge in [0.25, 0.3) is 0 Å². The van der Waals surface area contributed by atoms with Crippen LogP contribution in [0.4, 0.5) is 4.79 Å². The van der Waals surface area contributed by atoms with Crippen LogP contribution in [-0.4, -0.2) is 30.8 Å². The maximum atomic E-state index is 12.0. The minimum atomic E-state index is -0.386. The van der Waals surface area contributed by atoms with Crippen LogP contribution in [0.2, 0.25) is 0 Å². The number of alkyl carbamates (subject to hydrolysis) is 1. The summed E-state index contributed by atoms with van der Waals surface area (Å²) in [5.41, 5.74) is 1.51. The van der Waals surface area contributed by atoms with Crippen LogP contribution >= 0.6 is 0 Å². The van der Waals surface area contributed by atoms with E-state index >= 15 is 0 Å². The number of rotatable bonds is 6. The molecule has 0 aromatic heterocycles. The molecule has 1 N–H and O–H groups in total. The third-order valence-electron chi connectivity index (χ3n) is 4.95. The lowest BCUT2D eigenvalue weighted by Crippen LogP contribution is -2.42. The van der Waals surface area contributed by atoms with Gasteiger partial charge in [-0.15, -0.1) is 0 Å². The van der Waals surface area contributed by atoms with E-state index in [2.05, 4.69) is 26.1 Å². The summed E-state index contributed by atoms with van der Waals surface area (Å²) in [4.78, 5) is 23.6. The first-order valence-corrected chi connectivity index (χ1v) is 9.28. The van der Waals surface area contributed by atoms with Crippen LogP contribution in [-0.2, 0) is 16.1 Å². The predicted octanol–water partition coefficient (Wildman–Crippen LogP) is 3.82. The Hall–Kier alpha value is -2.24. The first-order chi connectivity index (χ1) is 12.4. The zero-order valence-electron chi connectivity index (χ0n) is 15.7. The Kier molecular flexibility index (Phi) is 5.39. The van der Waals surface area contributed by atoms with Crippen molar-refractivity contribution >= 4 is 12.1 Å². The molecule has 0 bridgehead atoms. The molecule has 1 aromatic carbocycles. The zero-order chi connectivity index (χ0) is 18.7. The summed E-state index contributed by atoms with van der Waals surface area (Å²) in [7, 11) is 0. The minimum absolute atomic E-state index is 0.0713. The minimum Gasteiger partial charge on any atom is -0.488 e. The van der Waals surface area contributed by atoms with Gasteiger partial charge in [-0.3, -0.25) is 0 Å². The highest BCUT2D eigenvalue weighted by Gasteiger charge is 2.42. The highest BCUT2D eigenvalue weighted by molar-refractivity contribution is 5.93. The molecule has 0 spiro atoms. The number of amides is 1. The molecule has 6 heteroatoms. The Bertz CT molecular complexity index is 685. The molecule has 26 heavy (non-hydrogen) atoms. The van der Waals surface area contributed by atoms with E-state index in [1.54, 1.807) is 12.1 Å². The molecule has 1 heterocycles. The van der Waals surface area contributed by atoms with Gasteiger partial charge in [-0.05, 0) is 42.9 Å². The average molecular weight is 361 g/mol. The van der Waals surface area contributed by atoms with Gasteiger partial charge in [0.15, 0.2) is 0 Å². The number of nitrogens with one attached hydrogen (secondary N) is 1. The van der Waals surface area contributed by atoms with Gasteiger partial charge in [0.2, 0.25) is 0 Å². The molecule has 142 valence electrons. The Morgan fingerprint density at radius 2 is 2.15 bits per heavy atom. The summed E-state index contributed by atoms with van der Waals surface area (Å²) in [6.07, 6.45) is 2.98. The first-order valence-electron chi connectivity index (χ1n) is 9.28. The molecule has 3 rings (SSSR count). The fourth-order valence-corrected chi connectivity index (χ4v) is 3.62. The van der Waals surface area contributed by atoms with Crippen molar-refractivity contribution in [2.75, 3.05) is 6.61 Å². The maximum Gasteiger partial charge on any atom is 0.407 e. The number of hydrogen-bond donors (Lipinski definition) is 1. The summed E-state index contributed by atoms with van der Waals surface area (Å²) in [5.74, 6) is 0.402. The lowest BCUT2D eigenvalue weighted by atomic mass is 9.91. The molecule has 6 nitrogen and oxygen atoms in total. The maximum absolute atomic E-state index is 12.0. The normalized spacial score (nSPS) is 23.3. The zero-order valence-corrected chi connectivity index (χ0v) is 15.7. The predicted molar refractivity (Wildman–Crippen MR) is 96.2 cm³/mol. The Morgan fingerprint density at radius 1 is 1.35 bits per heavy atom. The number of carbonyl (C=O) groups excluding carboxylic acids is 2. The van der Waals surface area contributed by atoms with E-state index in [4.69, 9.17) is 14.2 Å². The summed E-state index contributed by atoms with van der Waals surface area (Å²) in [6.45, 7) is 7.11. The van der Waals surface area contributed by atoms with Gasteiger partial charge in [0, 0.05) is 5.56 Å². The van der Waals surface area contributed by atoms with Crippen LogP contribution in [0.1, 0.15) is 62.4 Å². The number of benzene rings is 1. The van der Waals surface area contributed by atoms with E-state index in [0.717, 1.165) is 31.2 Å². The van der Waals surface area contributed by atoms with Crippen molar-refractivity contribution in [2.24, 2.45) is 5.41 Å². The number of esters is 1. The summed E-state index contributed by atoms with van der Waals surface area (Å²) in [5, 5.41) is 2.96. The topological polar surface area (TPSA) is 73.9 Å². The lowest BCUT2D eigenvalue weighted by molar-refractivity contribution is 0.0535. The standard InChI is InChI=1S/C20H27NO5/c1-4-5-8-24-19(23)21-16-10-20(2,3)11-17(16)26-14-6-7-15-13(9-14)12-25-18(15)22/h6-7,9,16-17H,4-5,8,10-12H2,1-3H3,(H,21,23)/t16-,17-/m0/s1. The highest BCUT2D eigenvalue weighted by atomic mass is 16.6. The number of ether oxygens (including phenoxy) is 3. The van der Waals surface area contributed by atoms with Crippen molar-refractivity contribution in [3.8, 4) is 5.75 Å². The molecule has 0 saturated heterocycles. The largest absolute Gasteiger partial charge is 0.488 e. The van der Waals surface area contributed by atoms with Crippen LogP contribution in [0.15, 0.2) is 18.2 Å². The Morgan fingerprint density at radius 3 is 2.92 bits per heavy atom. The van der Waals surface area contributed by atoms with E-state index in [0.29, 0.717) is 17.9 Å². The molecule has 1 aromatic rings. The fourth-order valence-electron chi connectivity index (χ4n) is 3.62. The van der Waals surface area contributed by atoms with Gasteiger partial charge in [0.1, 0.15) is 18.5 Å². The smallest absolute Gasteiger partial charge is 0.407 e. The molecule has 2 atom stereocenters. The van der Waals surface area contributed by atoms with Crippen molar-refractivity contribution in [1.82, 2.24) is 5.32 Å². The summed E-state index contributed by atoms with van der Waals surface area (Å²) >= 11 is 0. The molecule has 2 aliphatic rings. The molecule has 1 aliphatic heterocycles. The third kappa shape index (κ3) is 4.29. The van der Waals surface area contributed by atoms with Crippen molar-refractivity contribution < 1.29 is 23.8 Å². The second-order valence-electron chi connectivity index (χ2n) is 7.86. The Balaban J connectivity index is 1.65. The van der Waals surface area contributed by atoms with Crippen LogP contribution in [0.5, 0.6) is 5.75 Å². The first kappa shape index (κ1) is 18.5. The molecular formula is C20H27NO5. The number of fused-ring (bicyclic) bond motifs is 1. The summed E-state index contributed by atoms with van der Waals surface area (Å²) < 4.78 is 16.4. The molecular weight excluding hydrogens is 334 g/mol. The van der Waals surface area contributed by atoms with Crippen molar-refractivity contribution in [1.29, 1.82) is 0 Å². The molecule has 0 unspecified atom stereocenters. The second kappa shape index (κ2) is 7.56. The van der Waals surface area contributed by atoms with Crippen LogP contribution in [0, 0.1) is 5.41 Å².